The van der Waals surface area contributed by atoms with Crippen LogP contribution in [0.25, 0.3) is 10.2 Å². The Balaban J connectivity index is 1.42. The van der Waals surface area contributed by atoms with E-state index in [1.165, 1.54) is 0 Å². The number of thiazole rings is 1. The Hall–Kier alpha value is -2.80. The maximum Gasteiger partial charge on any atom is 0.342 e. The Morgan fingerprint density at radius 2 is 1.81 bits per heavy atom. The molecule has 0 unspecified atom stereocenters. The van der Waals surface area contributed by atoms with E-state index in [2.05, 4.69) is 9.88 Å². The quantitative estimate of drug-likeness (QED) is 0.642. The van der Waals surface area contributed by atoms with Crippen molar-refractivity contribution in [1.29, 1.82) is 0 Å². The summed E-state index contributed by atoms with van der Waals surface area (Å²) in [6.45, 7) is 1.26. The van der Waals surface area contributed by atoms with Crippen molar-refractivity contribution in [2.75, 3.05) is 32.2 Å². The molecule has 0 bridgehead atoms. The maximum absolute atomic E-state index is 12.3. The number of methoxy groups -OCH3 is 2. The van der Waals surface area contributed by atoms with Gasteiger partial charge in [-0.25, -0.2) is 9.78 Å². The molecule has 2 aromatic carbocycles. The molecule has 0 N–H and O–H groups in total. The fraction of sp³-hybridized carbons (Fsp3) is 0.263. The zero-order valence-corrected chi connectivity index (χ0v) is 15.3. The zero-order valence-electron chi connectivity index (χ0n) is 14.5. The molecule has 1 aliphatic heterocycles. The van der Waals surface area contributed by atoms with E-state index < -0.39 is 0 Å². The Bertz CT molecular complexity index is 950. The minimum Gasteiger partial charge on any atom is -0.496 e. The topological polar surface area (TPSA) is 60.9 Å². The van der Waals surface area contributed by atoms with Gasteiger partial charge in [0.15, 0.2) is 5.13 Å². The molecule has 0 atom stereocenters. The van der Waals surface area contributed by atoms with Gasteiger partial charge in [0.1, 0.15) is 28.7 Å². The van der Waals surface area contributed by atoms with Crippen LogP contribution >= 0.6 is 11.3 Å². The first-order chi connectivity index (χ1) is 12.7. The van der Waals surface area contributed by atoms with Gasteiger partial charge in [-0.15, -0.1) is 0 Å². The molecule has 1 fully saturated rings. The average molecular weight is 370 g/mol. The first kappa shape index (κ1) is 16.7. The summed E-state index contributed by atoms with van der Waals surface area (Å²) in [5, 5.41) is 0.911. The molecule has 1 saturated heterocycles. The summed E-state index contributed by atoms with van der Waals surface area (Å²) in [4.78, 5) is 19.1. The van der Waals surface area contributed by atoms with E-state index in [0.717, 1.165) is 21.1 Å². The number of hydrogen-bond acceptors (Lipinski definition) is 7. The summed E-state index contributed by atoms with van der Waals surface area (Å²) in [6.07, 6.45) is -0.152. The molecule has 4 rings (SSSR count). The fourth-order valence-corrected chi connectivity index (χ4v) is 3.91. The lowest BCUT2D eigenvalue weighted by atomic mass is 10.1. The van der Waals surface area contributed by atoms with Crippen LogP contribution in [0.15, 0.2) is 42.5 Å². The number of aromatic nitrogens is 1. The van der Waals surface area contributed by atoms with Gasteiger partial charge in [0, 0.05) is 0 Å². The van der Waals surface area contributed by atoms with Gasteiger partial charge < -0.3 is 19.1 Å². The standard InChI is InChI=1S/C19H18N2O4S/c1-23-14-7-4-3-6-13(14)18(22)25-12-10-21(11-12)19-20-17-15(24-2)8-5-9-16(17)26-19/h3-9,12H,10-11H2,1-2H3. The van der Waals surface area contributed by atoms with Crippen LogP contribution < -0.4 is 14.4 Å². The highest BCUT2D eigenvalue weighted by molar-refractivity contribution is 7.22. The third-order valence-corrected chi connectivity index (χ3v) is 5.39. The summed E-state index contributed by atoms with van der Waals surface area (Å²) in [5.74, 6) is 0.926. The molecule has 0 aliphatic carbocycles. The predicted molar refractivity (Wildman–Crippen MR) is 101 cm³/mol. The molecule has 0 spiro atoms. The first-order valence-corrected chi connectivity index (χ1v) is 9.03. The number of rotatable bonds is 5. The van der Waals surface area contributed by atoms with Crippen LogP contribution in [0.1, 0.15) is 10.4 Å². The lowest BCUT2D eigenvalue weighted by molar-refractivity contribution is 0.0231. The molecule has 1 aliphatic rings. The van der Waals surface area contributed by atoms with E-state index in [9.17, 15) is 4.79 Å². The van der Waals surface area contributed by atoms with Gasteiger partial charge in [0.05, 0.1) is 32.0 Å². The molecule has 7 heteroatoms. The smallest absolute Gasteiger partial charge is 0.342 e. The number of hydrogen-bond donors (Lipinski definition) is 0. The number of esters is 1. The van der Waals surface area contributed by atoms with Crippen molar-refractivity contribution in [2.24, 2.45) is 0 Å². The molecule has 26 heavy (non-hydrogen) atoms. The number of anilines is 1. The van der Waals surface area contributed by atoms with Crippen LogP contribution in [0.3, 0.4) is 0 Å². The van der Waals surface area contributed by atoms with Crippen molar-refractivity contribution < 1.29 is 19.0 Å². The highest BCUT2D eigenvalue weighted by Crippen LogP contribution is 2.36. The van der Waals surface area contributed by atoms with Crippen molar-refractivity contribution in [3.8, 4) is 11.5 Å². The number of nitrogens with zero attached hydrogens (tertiary/aromatic N) is 2. The second-order valence-corrected chi connectivity index (χ2v) is 6.95. The summed E-state index contributed by atoms with van der Waals surface area (Å²) in [5.41, 5.74) is 1.31. The van der Waals surface area contributed by atoms with Crippen LogP contribution in [0.5, 0.6) is 11.5 Å². The highest BCUT2D eigenvalue weighted by Gasteiger charge is 2.33. The summed E-state index contributed by atoms with van der Waals surface area (Å²) < 4.78 is 17.2. The lowest BCUT2D eigenvalue weighted by Gasteiger charge is -2.38. The third-order valence-electron chi connectivity index (χ3n) is 4.31. The molecule has 0 radical (unpaired) electrons. The third kappa shape index (κ3) is 2.94. The van der Waals surface area contributed by atoms with Gasteiger partial charge in [0.2, 0.25) is 0 Å². The number of para-hydroxylation sites is 2. The summed E-state index contributed by atoms with van der Waals surface area (Å²) in [6, 6.07) is 13.0. The largest absolute Gasteiger partial charge is 0.496 e. The second-order valence-electron chi connectivity index (χ2n) is 5.94. The second kappa shape index (κ2) is 6.84. The molecule has 3 aromatic rings. The van der Waals surface area contributed by atoms with Crippen molar-refractivity contribution in [2.45, 2.75) is 6.10 Å². The molecule has 0 saturated carbocycles. The van der Waals surface area contributed by atoms with E-state index >= 15 is 0 Å². The number of ether oxygens (including phenoxy) is 3. The molecule has 6 nitrogen and oxygen atoms in total. The van der Waals surface area contributed by atoms with Gasteiger partial charge in [-0.3, -0.25) is 0 Å². The summed E-state index contributed by atoms with van der Waals surface area (Å²) in [7, 11) is 3.18. The van der Waals surface area contributed by atoms with Crippen LogP contribution in [-0.4, -0.2) is 44.4 Å². The molecular weight excluding hydrogens is 352 g/mol. The van der Waals surface area contributed by atoms with Crippen molar-refractivity contribution >= 4 is 32.7 Å². The number of benzene rings is 2. The monoisotopic (exact) mass is 370 g/mol. The molecule has 2 heterocycles. The minimum absolute atomic E-state index is 0.152. The van der Waals surface area contributed by atoms with Crippen LogP contribution in [-0.2, 0) is 4.74 Å². The number of fused-ring (bicyclic) bond motifs is 1. The van der Waals surface area contributed by atoms with Crippen LogP contribution in [0.4, 0.5) is 5.13 Å². The maximum atomic E-state index is 12.3. The Morgan fingerprint density at radius 3 is 2.58 bits per heavy atom. The van der Waals surface area contributed by atoms with Gasteiger partial charge in [0.25, 0.3) is 0 Å². The Morgan fingerprint density at radius 1 is 1.08 bits per heavy atom. The average Bonchev–Trinajstić information content (AvgIpc) is 3.07. The molecular formula is C19H18N2O4S. The number of carbonyl (C=O) groups is 1. The van der Waals surface area contributed by atoms with E-state index in [1.807, 2.05) is 24.3 Å². The Labute approximate surface area is 154 Å². The SMILES string of the molecule is COc1ccccc1C(=O)OC1CN(c2nc3c(OC)cccc3s2)C1. The summed E-state index contributed by atoms with van der Waals surface area (Å²) >= 11 is 1.61. The highest BCUT2D eigenvalue weighted by atomic mass is 32.1. The first-order valence-electron chi connectivity index (χ1n) is 8.22. The van der Waals surface area contributed by atoms with E-state index in [0.29, 0.717) is 24.4 Å². The molecule has 134 valence electrons. The van der Waals surface area contributed by atoms with Crippen molar-refractivity contribution in [1.82, 2.24) is 4.98 Å². The fourth-order valence-electron chi connectivity index (χ4n) is 2.91. The molecule has 0 amide bonds. The van der Waals surface area contributed by atoms with Crippen molar-refractivity contribution in [3.05, 3.63) is 48.0 Å². The van der Waals surface area contributed by atoms with Gasteiger partial charge in [-0.05, 0) is 24.3 Å². The van der Waals surface area contributed by atoms with Gasteiger partial charge in [-0.2, -0.15) is 0 Å². The van der Waals surface area contributed by atoms with E-state index in [4.69, 9.17) is 14.2 Å². The Kier molecular flexibility index (Phi) is 4.38. The number of carbonyl (C=O) groups excluding carboxylic acids is 1. The van der Waals surface area contributed by atoms with Gasteiger partial charge in [-0.1, -0.05) is 29.5 Å². The predicted octanol–water partition coefficient (Wildman–Crippen LogP) is 3.36. The van der Waals surface area contributed by atoms with Crippen LogP contribution in [0, 0.1) is 0 Å². The minimum atomic E-state index is -0.363. The van der Waals surface area contributed by atoms with E-state index in [-0.39, 0.29) is 12.1 Å². The lowest BCUT2D eigenvalue weighted by Crippen LogP contribution is -2.53. The normalized spacial score (nSPS) is 14.2. The van der Waals surface area contributed by atoms with Gasteiger partial charge >= 0.3 is 5.97 Å². The van der Waals surface area contributed by atoms with Crippen molar-refractivity contribution in [3.63, 3.8) is 0 Å². The van der Waals surface area contributed by atoms with Crippen LogP contribution in [0.2, 0.25) is 0 Å². The molecule has 1 aromatic heterocycles. The zero-order chi connectivity index (χ0) is 18.1. The van der Waals surface area contributed by atoms with E-state index in [1.54, 1.807) is 43.8 Å².